The molecule has 1 rings (SSSR count). The van der Waals surface area contributed by atoms with Crippen molar-refractivity contribution in [2.45, 2.75) is 32.6 Å². The Morgan fingerprint density at radius 2 is 1.43 bits per heavy atom. The summed E-state index contributed by atoms with van der Waals surface area (Å²) in [5, 5.41) is 0. The van der Waals surface area contributed by atoms with E-state index in [-0.39, 0.29) is 12.8 Å². The van der Waals surface area contributed by atoms with Gasteiger partial charge in [0, 0.05) is 24.3 Å². The number of primary amides is 2. The molecule has 21 heavy (non-hydrogen) atoms. The molecule has 0 aliphatic rings. The van der Waals surface area contributed by atoms with Crippen LogP contribution in [-0.2, 0) is 9.59 Å². The lowest BCUT2D eigenvalue weighted by atomic mass is 9.90. The quantitative estimate of drug-likeness (QED) is 0.716. The fraction of sp³-hybridized carbons (Fsp3) is 0.467. The van der Waals surface area contributed by atoms with E-state index < -0.39 is 17.7 Å². The molecule has 0 radical (unpaired) electrons. The van der Waals surface area contributed by atoms with Gasteiger partial charge in [0.05, 0.1) is 13.2 Å². The van der Waals surface area contributed by atoms with Crippen LogP contribution in [0.5, 0.6) is 11.5 Å². The smallest absolute Gasteiger partial charge is 0.218 e. The highest BCUT2D eigenvalue weighted by Crippen LogP contribution is 2.38. The highest BCUT2D eigenvalue weighted by atomic mass is 16.5. The van der Waals surface area contributed by atoms with E-state index in [1.807, 2.05) is 13.8 Å². The van der Waals surface area contributed by atoms with Crippen LogP contribution in [0.1, 0.15) is 38.2 Å². The average Bonchev–Trinajstić information content (AvgIpc) is 2.38. The molecule has 0 heterocycles. The van der Waals surface area contributed by atoms with Crippen LogP contribution < -0.4 is 20.9 Å². The number of carbonyl (C=O) groups excluding carboxylic acids is 2. The van der Waals surface area contributed by atoms with E-state index in [0.29, 0.717) is 30.3 Å². The Morgan fingerprint density at radius 3 is 1.76 bits per heavy atom. The van der Waals surface area contributed by atoms with Crippen molar-refractivity contribution >= 4 is 11.8 Å². The van der Waals surface area contributed by atoms with Crippen LogP contribution >= 0.6 is 0 Å². The Kier molecular flexibility index (Phi) is 6.52. The highest BCUT2D eigenvalue weighted by molar-refractivity contribution is 5.79. The highest BCUT2D eigenvalue weighted by Gasteiger charge is 2.24. The van der Waals surface area contributed by atoms with Crippen LogP contribution in [-0.4, -0.2) is 25.0 Å². The molecule has 0 atom stereocenters. The molecular formula is C15H22N2O4. The molecular weight excluding hydrogens is 272 g/mol. The first-order valence-electron chi connectivity index (χ1n) is 6.94. The molecule has 0 saturated carbocycles. The standard InChI is InChI=1S/C15H22N2O4/c1-3-20-11-6-5-7-12(21-4-2)15(11)10(8-13(16)18)9-14(17)19/h5-7,10H,3-4,8-9H2,1-2H3,(H2,16,18)(H2,17,19). The molecule has 0 aliphatic heterocycles. The number of nitrogens with two attached hydrogens (primary N) is 2. The van der Waals surface area contributed by atoms with Gasteiger partial charge in [0.2, 0.25) is 11.8 Å². The Hall–Kier alpha value is -2.24. The largest absolute Gasteiger partial charge is 0.493 e. The van der Waals surface area contributed by atoms with E-state index in [1.165, 1.54) is 0 Å². The predicted octanol–water partition coefficient (Wildman–Crippen LogP) is 1.32. The van der Waals surface area contributed by atoms with Gasteiger partial charge in [-0.3, -0.25) is 9.59 Å². The number of rotatable bonds is 9. The van der Waals surface area contributed by atoms with Gasteiger partial charge < -0.3 is 20.9 Å². The van der Waals surface area contributed by atoms with Gasteiger partial charge in [-0.25, -0.2) is 0 Å². The summed E-state index contributed by atoms with van der Waals surface area (Å²) < 4.78 is 11.2. The van der Waals surface area contributed by atoms with Crippen LogP contribution in [0.25, 0.3) is 0 Å². The minimum absolute atomic E-state index is 0.00705. The average molecular weight is 294 g/mol. The maximum Gasteiger partial charge on any atom is 0.218 e. The minimum Gasteiger partial charge on any atom is -0.493 e. The Bertz CT molecular complexity index is 462. The third-order valence-corrected chi connectivity index (χ3v) is 2.93. The number of hydrogen-bond acceptors (Lipinski definition) is 4. The molecule has 2 amide bonds. The first kappa shape index (κ1) is 16.8. The molecule has 4 N–H and O–H groups in total. The third kappa shape index (κ3) is 4.98. The van der Waals surface area contributed by atoms with Crippen LogP contribution in [0.15, 0.2) is 18.2 Å². The lowest BCUT2D eigenvalue weighted by Crippen LogP contribution is -2.22. The molecule has 0 bridgehead atoms. The summed E-state index contributed by atoms with van der Waals surface area (Å²) >= 11 is 0. The van der Waals surface area contributed by atoms with Gasteiger partial charge in [0.1, 0.15) is 11.5 Å². The van der Waals surface area contributed by atoms with E-state index in [0.717, 1.165) is 0 Å². The zero-order chi connectivity index (χ0) is 15.8. The van der Waals surface area contributed by atoms with Gasteiger partial charge >= 0.3 is 0 Å². The molecule has 0 aromatic heterocycles. The summed E-state index contributed by atoms with van der Waals surface area (Å²) in [4.78, 5) is 22.6. The van der Waals surface area contributed by atoms with Crippen LogP contribution in [0, 0.1) is 0 Å². The van der Waals surface area contributed by atoms with Crippen molar-refractivity contribution in [1.82, 2.24) is 0 Å². The van der Waals surface area contributed by atoms with E-state index >= 15 is 0 Å². The second kappa shape index (κ2) is 8.14. The van der Waals surface area contributed by atoms with E-state index in [4.69, 9.17) is 20.9 Å². The lowest BCUT2D eigenvalue weighted by molar-refractivity contribution is -0.119. The number of ether oxygens (including phenoxy) is 2. The Labute approximate surface area is 124 Å². The van der Waals surface area contributed by atoms with E-state index in [1.54, 1.807) is 18.2 Å². The molecule has 116 valence electrons. The first-order chi connectivity index (χ1) is 9.99. The fourth-order valence-electron chi connectivity index (χ4n) is 2.25. The molecule has 1 aromatic carbocycles. The van der Waals surface area contributed by atoms with Gasteiger partial charge in [-0.2, -0.15) is 0 Å². The van der Waals surface area contributed by atoms with Crippen LogP contribution in [0.2, 0.25) is 0 Å². The number of benzene rings is 1. The maximum atomic E-state index is 11.3. The summed E-state index contributed by atoms with van der Waals surface area (Å²) in [6.07, 6.45) is 0.0141. The molecule has 6 nitrogen and oxygen atoms in total. The predicted molar refractivity (Wildman–Crippen MR) is 79.1 cm³/mol. The van der Waals surface area contributed by atoms with E-state index in [9.17, 15) is 9.59 Å². The van der Waals surface area contributed by atoms with Crippen molar-refractivity contribution in [3.63, 3.8) is 0 Å². The molecule has 0 aliphatic carbocycles. The summed E-state index contributed by atoms with van der Waals surface area (Å²) in [6, 6.07) is 5.35. The summed E-state index contributed by atoms with van der Waals surface area (Å²) in [5.74, 6) is -0.304. The fourth-order valence-corrected chi connectivity index (χ4v) is 2.25. The van der Waals surface area contributed by atoms with Crippen molar-refractivity contribution < 1.29 is 19.1 Å². The summed E-state index contributed by atoms with van der Waals surface area (Å²) in [7, 11) is 0. The minimum atomic E-state index is -0.505. The topological polar surface area (TPSA) is 105 Å². The van der Waals surface area contributed by atoms with Crippen molar-refractivity contribution in [3.8, 4) is 11.5 Å². The van der Waals surface area contributed by atoms with Crippen molar-refractivity contribution in [3.05, 3.63) is 23.8 Å². The van der Waals surface area contributed by atoms with Crippen LogP contribution in [0.3, 0.4) is 0 Å². The van der Waals surface area contributed by atoms with E-state index in [2.05, 4.69) is 0 Å². The monoisotopic (exact) mass is 294 g/mol. The number of carbonyl (C=O) groups is 2. The maximum absolute atomic E-state index is 11.3. The second-order valence-corrected chi connectivity index (χ2v) is 4.57. The Morgan fingerprint density at radius 1 is 1.00 bits per heavy atom. The second-order valence-electron chi connectivity index (χ2n) is 4.57. The molecule has 0 fully saturated rings. The molecule has 0 unspecified atom stereocenters. The normalized spacial score (nSPS) is 10.4. The van der Waals surface area contributed by atoms with Gasteiger partial charge in [0.25, 0.3) is 0 Å². The summed E-state index contributed by atoms with van der Waals surface area (Å²) in [5.41, 5.74) is 11.2. The lowest BCUT2D eigenvalue weighted by Gasteiger charge is -2.21. The van der Waals surface area contributed by atoms with Crippen molar-refractivity contribution in [2.75, 3.05) is 13.2 Å². The van der Waals surface area contributed by atoms with Crippen molar-refractivity contribution in [1.29, 1.82) is 0 Å². The van der Waals surface area contributed by atoms with Gasteiger partial charge in [-0.05, 0) is 26.0 Å². The molecule has 0 saturated heterocycles. The zero-order valence-corrected chi connectivity index (χ0v) is 12.4. The molecule has 0 spiro atoms. The summed E-state index contributed by atoms with van der Waals surface area (Å²) in [6.45, 7) is 4.63. The van der Waals surface area contributed by atoms with Gasteiger partial charge in [0.15, 0.2) is 0 Å². The van der Waals surface area contributed by atoms with Gasteiger partial charge in [-0.15, -0.1) is 0 Å². The van der Waals surface area contributed by atoms with Crippen LogP contribution in [0.4, 0.5) is 0 Å². The number of amides is 2. The van der Waals surface area contributed by atoms with Gasteiger partial charge in [-0.1, -0.05) is 6.07 Å². The SMILES string of the molecule is CCOc1cccc(OCC)c1C(CC(N)=O)CC(N)=O. The molecule has 1 aromatic rings. The molecule has 6 heteroatoms. The van der Waals surface area contributed by atoms with Crippen molar-refractivity contribution in [2.24, 2.45) is 11.5 Å². The third-order valence-electron chi connectivity index (χ3n) is 2.93. The zero-order valence-electron chi connectivity index (χ0n) is 12.4. The Balaban J connectivity index is 3.29. The number of hydrogen-bond donors (Lipinski definition) is 2. The first-order valence-corrected chi connectivity index (χ1v) is 6.94.